The maximum atomic E-state index is 11.4. The lowest BCUT2D eigenvalue weighted by molar-refractivity contribution is 0.174. The fourth-order valence-electron chi connectivity index (χ4n) is 5.48. The van der Waals surface area contributed by atoms with Gasteiger partial charge in [0.05, 0.1) is 6.04 Å². The highest BCUT2D eigenvalue weighted by atomic mass is 16.6. The van der Waals surface area contributed by atoms with Crippen LogP contribution in [0.2, 0.25) is 0 Å². The topological polar surface area (TPSA) is 79.4 Å². The molecule has 3 heterocycles. The summed E-state index contributed by atoms with van der Waals surface area (Å²) in [5.74, 6) is 2.97. The van der Waals surface area contributed by atoms with Gasteiger partial charge in [-0.1, -0.05) is 36.8 Å². The lowest BCUT2D eigenvalue weighted by atomic mass is 9.90. The number of nitrogens with zero attached hydrogens (tertiary/aromatic N) is 3. The van der Waals surface area contributed by atoms with E-state index in [2.05, 4.69) is 62.8 Å². The van der Waals surface area contributed by atoms with Gasteiger partial charge in [0.25, 0.3) is 0 Å². The highest BCUT2D eigenvalue weighted by molar-refractivity contribution is 5.69. The number of rotatable bonds is 5. The minimum atomic E-state index is -0.282. The van der Waals surface area contributed by atoms with Gasteiger partial charge < -0.3 is 20.3 Å². The van der Waals surface area contributed by atoms with Crippen LogP contribution in [0.5, 0.6) is 0 Å². The van der Waals surface area contributed by atoms with Crippen LogP contribution in [0.25, 0.3) is 0 Å². The van der Waals surface area contributed by atoms with E-state index < -0.39 is 0 Å². The summed E-state index contributed by atoms with van der Waals surface area (Å²) in [4.78, 5) is 22.9. The second kappa shape index (κ2) is 8.73. The van der Waals surface area contributed by atoms with Gasteiger partial charge in [-0.3, -0.25) is 0 Å². The summed E-state index contributed by atoms with van der Waals surface area (Å²) in [5.41, 5.74) is 2.53. The van der Waals surface area contributed by atoms with E-state index >= 15 is 0 Å². The summed E-state index contributed by atoms with van der Waals surface area (Å²) in [6, 6.07) is 11.4. The Hall–Kier alpha value is -2.83. The van der Waals surface area contributed by atoms with E-state index in [1.165, 1.54) is 24.8 Å². The molecule has 1 saturated carbocycles. The van der Waals surface area contributed by atoms with E-state index in [0.29, 0.717) is 24.5 Å². The zero-order valence-electron chi connectivity index (χ0n) is 18.1. The fraction of sp³-hybridized carbons (Fsp3) is 0.542. The van der Waals surface area contributed by atoms with Gasteiger partial charge in [0.1, 0.15) is 24.6 Å². The molecular weight excluding hydrogens is 390 g/mol. The van der Waals surface area contributed by atoms with Crippen LogP contribution < -0.4 is 15.5 Å². The number of anilines is 2. The van der Waals surface area contributed by atoms with Crippen molar-refractivity contribution in [3.05, 3.63) is 47.8 Å². The van der Waals surface area contributed by atoms with E-state index in [9.17, 15) is 4.79 Å². The van der Waals surface area contributed by atoms with Crippen molar-refractivity contribution in [2.75, 3.05) is 29.9 Å². The highest BCUT2D eigenvalue weighted by Crippen LogP contribution is 2.37. The minimum Gasteiger partial charge on any atom is -0.447 e. The molecule has 1 amide bonds. The third-order valence-electron chi connectivity index (χ3n) is 7.23. The fourth-order valence-corrected chi connectivity index (χ4v) is 5.48. The Bertz CT molecular complexity index is 913. The largest absolute Gasteiger partial charge is 0.447 e. The number of cyclic esters (lactones) is 1. The smallest absolute Gasteiger partial charge is 0.407 e. The van der Waals surface area contributed by atoms with E-state index in [1.807, 2.05) is 0 Å². The van der Waals surface area contributed by atoms with Crippen molar-refractivity contribution in [3.8, 4) is 0 Å². The number of benzene rings is 1. The van der Waals surface area contributed by atoms with Gasteiger partial charge in [-0.15, -0.1) is 0 Å². The van der Waals surface area contributed by atoms with Gasteiger partial charge in [-0.2, -0.15) is 0 Å². The molecular formula is C24H31N5O2. The van der Waals surface area contributed by atoms with Crippen LogP contribution in [0.1, 0.15) is 49.1 Å². The third kappa shape index (κ3) is 4.18. The predicted octanol–water partition coefficient (Wildman–Crippen LogP) is 3.86. The van der Waals surface area contributed by atoms with E-state index in [1.54, 1.807) is 6.33 Å². The Labute approximate surface area is 183 Å². The molecule has 1 aromatic carbocycles. The maximum absolute atomic E-state index is 11.4. The van der Waals surface area contributed by atoms with Gasteiger partial charge in [0.2, 0.25) is 0 Å². The van der Waals surface area contributed by atoms with Crippen LogP contribution in [0.3, 0.4) is 0 Å². The highest BCUT2D eigenvalue weighted by Gasteiger charge is 2.34. The normalized spacial score (nSPS) is 26.5. The third-order valence-corrected chi connectivity index (χ3v) is 7.23. The number of hydrogen-bond donors (Lipinski definition) is 2. The Kier molecular flexibility index (Phi) is 5.66. The number of ether oxygens (including phenoxy) is 1. The summed E-state index contributed by atoms with van der Waals surface area (Å²) >= 11 is 0. The molecule has 7 heteroatoms. The van der Waals surface area contributed by atoms with Crippen molar-refractivity contribution in [1.82, 2.24) is 15.3 Å². The van der Waals surface area contributed by atoms with Gasteiger partial charge in [-0.05, 0) is 44.1 Å². The molecule has 2 aromatic rings. The minimum absolute atomic E-state index is 0.149. The summed E-state index contributed by atoms with van der Waals surface area (Å²) in [6.45, 7) is 4.49. The number of aromatic nitrogens is 2. The number of nitrogens with one attached hydrogen (secondary N) is 2. The number of amides is 1. The molecule has 2 aliphatic heterocycles. The summed E-state index contributed by atoms with van der Waals surface area (Å²) in [6.07, 6.45) is 7.08. The second-order valence-electron chi connectivity index (χ2n) is 9.04. The zero-order chi connectivity index (χ0) is 21.2. The summed E-state index contributed by atoms with van der Waals surface area (Å²) in [7, 11) is 0. The van der Waals surface area contributed by atoms with Crippen LogP contribution in [0.15, 0.2) is 36.7 Å². The molecule has 5 rings (SSSR count). The Balaban J connectivity index is 1.26. The first-order valence-corrected chi connectivity index (χ1v) is 11.5. The molecule has 2 N–H and O–H groups in total. The molecule has 2 saturated heterocycles. The Morgan fingerprint density at radius 2 is 1.90 bits per heavy atom. The lowest BCUT2D eigenvalue weighted by Gasteiger charge is -2.35. The van der Waals surface area contributed by atoms with Crippen LogP contribution in [-0.2, 0) is 4.74 Å². The van der Waals surface area contributed by atoms with Crippen molar-refractivity contribution in [3.63, 3.8) is 0 Å². The number of hydrogen-bond acceptors (Lipinski definition) is 6. The van der Waals surface area contributed by atoms with Crippen molar-refractivity contribution >= 4 is 17.7 Å². The standard InChI is InChI=1S/C24H31N5O2/c1-16-22(27-20-9-5-8-19(20)17-6-3-2-4-7-17)25-15-26-23(16)29-12-10-18(11-13-29)21-14-31-24(30)28-21/h2-4,6-7,15,18-21H,5,8-14H2,1H3,(H,28,30)(H,25,26,27)/t19-,20-,21?/m1/s1. The number of alkyl carbamates (subject to hydrolysis) is 1. The van der Waals surface area contributed by atoms with Gasteiger partial charge in [0, 0.05) is 30.6 Å². The first-order chi connectivity index (χ1) is 15.2. The van der Waals surface area contributed by atoms with E-state index in [0.717, 1.165) is 43.1 Å². The summed E-state index contributed by atoms with van der Waals surface area (Å²) < 4.78 is 5.08. The molecule has 0 bridgehead atoms. The average molecular weight is 422 g/mol. The molecule has 31 heavy (non-hydrogen) atoms. The number of carbonyl (C=O) groups is 1. The zero-order valence-corrected chi connectivity index (χ0v) is 18.1. The first kappa shape index (κ1) is 20.1. The van der Waals surface area contributed by atoms with Crippen molar-refractivity contribution in [2.24, 2.45) is 5.92 Å². The molecule has 164 valence electrons. The second-order valence-corrected chi connectivity index (χ2v) is 9.04. The maximum Gasteiger partial charge on any atom is 0.407 e. The molecule has 3 fully saturated rings. The molecule has 3 aliphatic rings. The Morgan fingerprint density at radius 1 is 1.10 bits per heavy atom. The molecule has 0 spiro atoms. The number of piperidine rings is 1. The SMILES string of the molecule is Cc1c(N[C@@H]2CCC[C@@H]2c2ccccc2)ncnc1N1CCC(C2COC(=O)N2)CC1. The average Bonchev–Trinajstić information content (AvgIpc) is 3.45. The molecule has 0 radical (unpaired) electrons. The van der Waals surface area contributed by atoms with E-state index in [-0.39, 0.29) is 12.1 Å². The van der Waals surface area contributed by atoms with Crippen molar-refractivity contribution < 1.29 is 9.53 Å². The molecule has 1 unspecified atom stereocenters. The molecule has 3 atom stereocenters. The molecule has 7 nitrogen and oxygen atoms in total. The van der Waals surface area contributed by atoms with Crippen LogP contribution in [0.4, 0.5) is 16.4 Å². The van der Waals surface area contributed by atoms with Gasteiger partial charge in [0.15, 0.2) is 0 Å². The van der Waals surface area contributed by atoms with Gasteiger partial charge >= 0.3 is 6.09 Å². The Morgan fingerprint density at radius 3 is 2.65 bits per heavy atom. The molecule has 1 aromatic heterocycles. The van der Waals surface area contributed by atoms with Gasteiger partial charge in [-0.25, -0.2) is 14.8 Å². The van der Waals surface area contributed by atoms with E-state index in [4.69, 9.17) is 4.74 Å². The molecule has 1 aliphatic carbocycles. The first-order valence-electron chi connectivity index (χ1n) is 11.5. The lowest BCUT2D eigenvalue weighted by Crippen LogP contribution is -2.43. The van der Waals surface area contributed by atoms with Crippen LogP contribution in [-0.4, -0.2) is 47.8 Å². The summed E-state index contributed by atoms with van der Waals surface area (Å²) in [5, 5.41) is 6.70. The van der Waals surface area contributed by atoms with Crippen LogP contribution >= 0.6 is 0 Å². The van der Waals surface area contributed by atoms with Crippen molar-refractivity contribution in [1.29, 1.82) is 0 Å². The quantitative estimate of drug-likeness (QED) is 0.763. The van der Waals surface area contributed by atoms with Crippen LogP contribution in [0, 0.1) is 12.8 Å². The van der Waals surface area contributed by atoms with Crippen molar-refractivity contribution in [2.45, 2.75) is 57.0 Å². The number of carbonyl (C=O) groups excluding carboxylic acids is 1. The monoisotopic (exact) mass is 421 g/mol. The predicted molar refractivity (Wildman–Crippen MR) is 120 cm³/mol.